The second-order valence-corrected chi connectivity index (χ2v) is 6.07. The Bertz CT molecular complexity index is 358. The van der Waals surface area contributed by atoms with E-state index in [4.69, 9.17) is 0 Å². The molecule has 1 atom stereocenters. The lowest BCUT2D eigenvalue weighted by Gasteiger charge is -2.20. The highest BCUT2D eigenvalue weighted by atomic mass is 15.1. The van der Waals surface area contributed by atoms with Crippen LogP contribution in [0.5, 0.6) is 0 Å². The molecule has 0 heterocycles. The summed E-state index contributed by atoms with van der Waals surface area (Å²) in [5.74, 6) is 0.591. The van der Waals surface area contributed by atoms with E-state index in [2.05, 4.69) is 62.2 Å². The zero-order valence-corrected chi connectivity index (χ0v) is 14.5. The van der Waals surface area contributed by atoms with E-state index in [0.717, 1.165) is 26.2 Å². The van der Waals surface area contributed by atoms with Crippen LogP contribution in [-0.4, -0.2) is 31.1 Å². The number of hydrogen-bond donors (Lipinski definition) is 1. The normalized spacial score (nSPS) is 12.8. The van der Waals surface area contributed by atoms with Crippen LogP contribution in [0.4, 0.5) is 0 Å². The predicted octanol–water partition coefficient (Wildman–Crippen LogP) is 4.41. The quantitative estimate of drug-likeness (QED) is 0.607. The van der Waals surface area contributed by atoms with Crippen LogP contribution in [0, 0.1) is 0 Å². The molecule has 0 spiro atoms. The highest BCUT2D eigenvalue weighted by Gasteiger charge is 2.06. The molecule has 1 N–H and O–H groups in total. The summed E-state index contributed by atoms with van der Waals surface area (Å²) in [4.78, 5) is 2.53. The molecule has 120 valence electrons. The smallest absolute Gasteiger partial charge is 0.0233 e. The minimum absolute atomic E-state index is 0.591. The molecule has 2 heteroatoms. The Morgan fingerprint density at radius 3 is 2.33 bits per heavy atom. The molecular weight excluding hydrogens is 256 g/mol. The standard InChI is InChI=1S/C19H34N2/c1-5-8-14-21(7-3)16-18-9-11-19(12-10-18)17(4)15-20-13-6-2/h9-12,17,20H,5-8,13-16H2,1-4H3. The van der Waals surface area contributed by atoms with Gasteiger partial charge in [-0.3, -0.25) is 4.90 Å². The Kier molecular flexibility index (Phi) is 9.36. The van der Waals surface area contributed by atoms with Crippen LogP contribution >= 0.6 is 0 Å². The van der Waals surface area contributed by atoms with Crippen LogP contribution in [0.1, 0.15) is 64.0 Å². The Balaban J connectivity index is 2.48. The van der Waals surface area contributed by atoms with Crippen molar-refractivity contribution >= 4 is 0 Å². The van der Waals surface area contributed by atoms with E-state index in [0.29, 0.717) is 5.92 Å². The Hall–Kier alpha value is -0.860. The van der Waals surface area contributed by atoms with Crippen molar-refractivity contribution in [3.05, 3.63) is 35.4 Å². The zero-order chi connectivity index (χ0) is 15.5. The van der Waals surface area contributed by atoms with Crippen LogP contribution < -0.4 is 5.32 Å². The molecule has 0 aromatic heterocycles. The molecule has 0 saturated heterocycles. The van der Waals surface area contributed by atoms with Crippen molar-refractivity contribution in [3.8, 4) is 0 Å². The van der Waals surface area contributed by atoms with Crippen molar-refractivity contribution in [1.29, 1.82) is 0 Å². The van der Waals surface area contributed by atoms with E-state index < -0.39 is 0 Å². The minimum atomic E-state index is 0.591. The second kappa shape index (κ2) is 10.8. The van der Waals surface area contributed by atoms with Crippen molar-refractivity contribution in [2.45, 2.75) is 59.4 Å². The molecule has 0 fully saturated rings. The maximum atomic E-state index is 3.50. The zero-order valence-electron chi connectivity index (χ0n) is 14.5. The van der Waals surface area contributed by atoms with Gasteiger partial charge >= 0.3 is 0 Å². The molecule has 0 aliphatic rings. The van der Waals surface area contributed by atoms with Gasteiger partial charge in [-0.1, -0.05) is 58.4 Å². The fourth-order valence-electron chi connectivity index (χ4n) is 2.55. The van der Waals surface area contributed by atoms with E-state index in [-0.39, 0.29) is 0 Å². The maximum Gasteiger partial charge on any atom is 0.0233 e. The monoisotopic (exact) mass is 290 g/mol. The molecule has 0 aliphatic carbocycles. The summed E-state index contributed by atoms with van der Waals surface area (Å²) in [6.07, 6.45) is 3.78. The molecule has 21 heavy (non-hydrogen) atoms. The van der Waals surface area contributed by atoms with Gasteiger partial charge in [0.05, 0.1) is 0 Å². The van der Waals surface area contributed by atoms with E-state index in [1.54, 1.807) is 0 Å². The molecule has 0 radical (unpaired) electrons. The van der Waals surface area contributed by atoms with Crippen molar-refractivity contribution < 1.29 is 0 Å². The minimum Gasteiger partial charge on any atom is -0.316 e. The third kappa shape index (κ3) is 7.10. The average Bonchev–Trinajstić information content (AvgIpc) is 2.52. The van der Waals surface area contributed by atoms with Crippen LogP contribution in [0.15, 0.2) is 24.3 Å². The Morgan fingerprint density at radius 2 is 1.76 bits per heavy atom. The summed E-state index contributed by atoms with van der Waals surface area (Å²) in [5, 5.41) is 3.50. The number of nitrogens with zero attached hydrogens (tertiary/aromatic N) is 1. The first-order valence-electron chi connectivity index (χ1n) is 8.73. The van der Waals surface area contributed by atoms with Gasteiger partial charge in [-0.25, -0.2) is 0 Å². The number of hydrogen-bond acceptors (Lipinski definition) is 2. The fraction of sp³-hybridized carbons (Fsp3) is 0.684. The SMILES string of the molecule is CCCCN(CC)Cc1ccc(C(C)CNCCC)cc1. The molecule has 1 rings (SSSR count). The predicted molar refractivity (Wildman–Crippen MR) is 93.9 cm³/mol. The molecule has 1 aromatic carbocycles. The molecule has 2 nitrogen and oxygen atoms in total. The molecule has 0 bridgehead atoms. The topological polar surface area (TPSA) is 15.3 Å². The molecule has 0 saturated carbocycles. The van der Waals surface area contributed by atoms with E-state index in [1.165, 1.54) is 36.9 Å². The number of rotatable bonds is 11. The second-order valence-electron chi connectivity index (χ2n) is 6.07. The lowest BCUT2D eigenvalue weighted by molar-refractivity contribution is 0.275. The molecule has 0 amide bonds. The summed E-state index contributed by atoms with van der Waals surface area (Å²) in [6.45, 7) is 14.7. The first-order valence-corrected chi connectivity index (χ1v) is 8.73. The first-order chi connectivity index (χ1) is 10.2. The van der Waals surface area contributed by atoms with E-state index in [9.17, 15) is 0 Å². The van der Waals surface area contributed by atoms with Gasteiger partial charge in [0.15, 0.2) is 0 Å². The summed E-state index contributed by atoms with van der Waals surface area (Å²) >= 11 is 0. The third-order valence-corrected chi connectivity index (χ3v) is 4.11. The third-order valence-electron chi connectivity index (χ3n) is 4.11. The van der Waals surface area contributed by atoms with Gasteiger partial charge < -0.3 is 5.32 Å². The summed E-state index contributed by atoms with van der Waals surface area (Å²) < 4.78 is 0. The van der Waals surface area contributed by atoms with Crippen molar-refractivity contribution in [2.75, 3.05) is 26.2 Å². The summed E-state index contributed by atoms with van der Waals surface area (Å²) in [6, 6.07) is 9.23. The lowest BCUT2D eigenvalue weighted by Crippen LogP contribution is -2.24. The van der Waals surface area contributed by atoms with Crippen molar-refractivity contribution in [1.82, 2.24) is 10.2 Å². The average molecular weight is 290 g/mol. The van der Waals surface area contributed by atoms with Crippen LogP contribution in [-0.2, 0) is 6.54 Å². The van der Waals surface area contributed by atoms with Gasteiger partial charge in [0.2, 0.25) is 0 Å². The van der Waals surface area contributed by atoms with Crippen LogP contribution in [0.25, 0.3) is 0 Å². The fourth-order valence-corrected chi connectivity index (χ4v) is 2.55. The molecule has 1 unspecified atom stereocenters. The summed E-state index contributed by atoms with van der Waals surface area (Å²) in [7, 11) is 0. The molecule has 0 aliphatic heterocycles. The number of benzene rings is 1. The summed E-state index contributed by atoms with van der Waals surface area (Å²) in [5.41, 5.74) is 2.88. The van der Waals surface area contributed by atoms with Gasteiger partial charge in [0, 0.05) is 13.1 Å². The highest BCUT2D eigenvalue weighted by molar-refractivity contribution is 5.25. The van der Waals surface area contributed by atoms with Crippen LogP contribution in [0.2, 0.25) is 0 Å². The van der Waals surface area contributed by atoms with Crippen molar-refractivity contribution in [3.63, 3.8) is 0 Å². The van der Waals surface area contributed by atoms with E-state index >= 15 is 0 Å². The number of nitrogens with one attached hydrogen (secondary N) is 1. The largest absolute Gasteiger partial charge is 0.316 e. The highest BCUT2D eigenvalue weighted by Crippen LogP contribution is 2.16. The van der Waals surface area contributed by atoms with Gasteiger partial charge in [-0.15, -0.1) is 0 Å². The van der Waals surface area contributed by atoms with Gasteiger partial charge in [0.25, 0.3) is 0 Å². The Labute approximate surface area is 131 Å². The van der Waals surface area contributed by atoms with Gasteiger partial charge in [0.1, 0.15) is 0 Å². The van der Waals surface area contributed by atoms with Gasteiger partial charge in [-0.2, -0.15) is 0 Å². The number of unbranched alkanes of at least 4 members (excludes halogenated alkanes) is 1. The Morgan fingerprint density at radius 1 is 1.05 bits per heavy atom. The van der Waals surface area contributed by atoms with Crippen molar-refractivity contribution in [2.24, 2.45) is 0 Å². The first kappa shape index (κ1) is 18.2. The van der Waals surface area contributed by atoms with E-state index in [1.807, 2.05) is 0 Å². The molecule has 1 aromatic rings. The molecular formula is C19H34N2. The van der Waals surface area contributed by atoms with Gasteiger partial charge in [-0.05, 0) is 49.5 Å². The lowest BCUT2D eigenvalue weighted by atomic mass is 9.99. The van der Waals surface area contributed by atoms with Crippen LogP contribution in [0.3, 0.4) is 0 Å². The maximum absolute atomic E-state index is 3.50.